The first-order chi connectivity index (χ1) is 6.66. The summed E-state index contributed by atoms with van der Waals surface area (Å²) < 4.78 is 2.55. The summed E-state index contributed by atoms with van der Waals surface area (Å²) >= 11 is 10.9. The number of hydrogen-bond donors (Lipinski definition) is 0. The first-order valence-electron chi connectivity index (χ1n) is 4.25. The zero-order valence-electron chi connectivity index (χ0n) is 7.30. The molecule has 2 aromatic rings. The van der Waals surface area contributed by atoms with Crippen LogP contribution in [0.2, 0.25) is 6.55 Å². The Hall–Kier alpha value is 0.577. The lowest BCUT2D eigenvalue weighted by molar-refractivity contribution is 1.99. The van der Waals surface area contributed by atoms with E-state index in [1.54, 1.807) is 10.4 Å². The molecular formula is C9H6Br2S2Si. The fourth-order valence-electron chi connectivity index (χ4n) is 1.91. The Labute approximate surface area is 109 Å². The van der Waals surface area contributed by atoms with Crippen molar-refractivity contribution in [2.45, 2.75) is 6.55 Å². The summed E-state index contributed by atoms with van der Waals surface area (Å²) in [4.78, 5) is 3.03. The molecule has 0 aromatic carbocycles. The monoisotopic (exact) mass is 364 g/mol. The van der Waals surface area contributed by atoms with Crippen molar-refractivity contribution in [3.05, 3.63) is 19.7 Å². The second-order valence-electron chi connectivity index (χ2n) is 3.39. The summed E-state index contributed by atoms with van der Waals surface area (Å²) in [5, 5.41) is 3.24. The third-order valence-corrected chi connectivity index (χ3v) is 9.27. The van der Waals surface area contributed by atoms with Gasteiger partial charge in [-0.1, -0.05) is 6.55 Å². The van der Waals surface area contributed by atoms with E-state index in [0.29, 0.717) is 0 Å². The van der Waals surface area contributed by atoms with E-state index in [1.165, 1.54) is 17.3 Å². The molecule has 0 radical (unpaired) electrons. The van der Waals surface area contributed by atoms with Gasteiger partial charge in [0.15, 0.2) is 0 Å². The number of hydrogen-bond acceptors (Lipinski definition) is 2. The van der Waals surface area contributed by atoms with E-state index in [-0.39, 0.29) is 0 Å². The van der Waals surface area contributed by atoms with Crippen molar-refractivity contribution in [2.75, 3.05) is 0 Å². The molecule has 0 saturated heterocycles. The van der Waals surface area contributed by atoms with Crippen LogP contribution in [-0.2, 0) is 0 Å². The topological polar surface area (TPSA) is 0 Å². The zero-order valence-corrected chi connectivity index (χ0v) is 13.3. The Balaban J connectivity index is 2.32. The van der Waals surface area contributed by atoms with E-state index >= 15 is 0 Å². The Bertz CT molecular complexity index is 469. The maximum Gasteiger partial charge on any atom is 0.104 e. The predicted molar refractivity (Wildman–Crippen MR) is 75.3 cm³/mol. The van der Waals surface area contributed by atoms with Crippen LogP contribution >= 0.6 is 54.5 Å². The van der Waals surface area contributed by atoms with Crippen LogP contribution < -0.4 is 10.4 Å². The molecule has 0 fully saturated rings. The van der Waals surface area contributed by atoms with Gasteiger partial charge in [0.1, 0.15) is 8.80 Å². The summed E-state index contributed by atoms with van der Waals surface area (Å²) in [5.41, 5.74) is 0. The Kier molecular flexibility index (Phi) is 2.29. The van der Waals surface area contributed by atoms with Crippen LogP contribution in [0.15, 0.2) is 19.7 Å². The Morgan fingerprint density at radius 1 is 1.00 bits per heavy atom. The Morgan fingerprint density at radius 2 is 1.43 bits per heavy atom. The van der Waals surface area contributed by atoms with Crippen LogP contribution in [0.1, 0.15) is 0 Å². The molecule has 0 spiro atoms. The van der Waals surface area contributed by atoms with Crippen molar-refractivity contribution in [1.29, 1.82) is 0 Å². The van der Waals surface area contributed by atoms with Crippen LogP contribution in [0.4, 0.5) is 0 Å². The van der Waals surface area contributed by atoms with Gasteiger partial charge in [0, 0.05) is 9.75 Å². The summed E-state index contributed by atoms with van der Waals surface area (Å²) in [6, 6.07) is 4.63. The molecule has 0 bridgehead atoms. The fraction of sp³-hybridized carbons (Fsp3) is 0.111. The second-order valence-corrected chi connectivity index (χ2v) is 10.9. The summed E-state index contributed by atoms with van der Waals surface area (Å²) in [7, 11) is -0.842. The van der Waals surface area contributed by atoms with E-state index < -0.39 is 8.80 Å². The van der Waals surface area contributed by atoms with Crippen LogP contribution in [0.5, 0.6) is 0 Å². The molecule has 0 saturated carbocycles. The summed E-state index contributed by atoms with van der Waals surface area (Å²) in [6.45, 7) is 2.42. The molecular weight excluding hydrogens is 360 g/mol. The zero-order chi connectivity index (χ0) is 9.87. The van der Waals surface area contributed by atoms with E-state index in [2.05, 4.69) is 50.5 Å². The standard InChI is InChI=1S/C9H6Br2S2Si/c1-14-4-2-6(10)12-8(4)9-5(14)3-7(11)13-9/h2-3,14H,1H3. The normalized spacial score (nSPS) is 14.5. The van der Waals surface area contributed by atoms with Crippen LogP contribution in [-0.4, -0.2) is 8.80 Å². The van der Waals surface area contributed by atoms with Crippen molar-refractivity contribution in [3.8, 4) is 9.75 Å². The Morgan fingerprint density at radius 3 is 1.86 bits per heavy atom. The number of thiophene rings is 2. The fourth-order valence-corrected chi connectivity index (χ4v) is 9.76. The SMILES string of the molecule is C[SiH]1c2cc(Br)sc2-c2sc(Br)cc21. The molecule has 0 atom stereocenters. The highest BCUT2D eigenvalue weighted by atomic mass is 79.9. The lowest BCUT2D eigenvalue weighted by Gasteiger charge is -1.98. The summed E-state index contributed by atoms with van der Waals surface area (Å²) in [5.74, 6) is 0. The minimum Gasteiger partial charge on any atom is -0.128 e. The second kappa shape index (κ2) is 3.28. The molecule has 3 heterocycles. The molecule has 2 aromatic heterocycles. The highest BCUT2D eigenvalue weighted by Crippen LogP contribution is 2.38. The molecule has 1 aliphatic heterocycles. The average Bonchev–Trinajstić information content (AvgIpc) is 2.71. The predicted octanol–water partition coefficient (Wildman–Crippen LogP) is 3.29. The van der Waals surface area contributed by atoms with Crippen molar-refractivity contribution in [3.63, 3.8) is 0 Å². The van der Waals surface area contributed by atoms with E-state index in [0.717, 1.165) is 0 Å². The summed E-state index contributed by atoms with van der Waals surface area (Å²) in [6.07, 6.45) is 0. The lowest BCUT2D eigenvalue weighted by Crippen LogP contribution is -2.33. The van der Waals surface area contributed by atoms with Crippen molar-refractivity contribution >= 4 is 73.7 Å². The minimum absolute atomic E-state index is 0.842. The van der Waals surface area contributed by atoms with Gasteiger partial charge in [-0.3, -0.25) is 0 Å². The van der Waals surface area contributed by atoms with Crippen LogP contribution in [0.3, 0.4) is 0 Å². The molecule has 3 rings (SSSR count). The average molecular weight is 366 g/mol. The first-order valence-corrected chi connectivity index (χ1v) is 9.78. The van der Waals surface area contributed by atoms with Gasteiger partial charge in [0.05, 0.1) is 7.57 Å². The van der Waals surface area contributed by atoms with Crippen molar-refractivity contribution in [2.24, 2.45) is 0 Å². The van der Waals surface area contributed by atoms with Crippen LogP contribution in [0.25, 0.3) is 9.75 Å². The van der Waals surface area contributed by atoms with Gasteiger partial charge in [0.2, 0.25) is 0 Å². The lowest BCUT2D eigenvalue weighted by atomic mass is 10.4. The van der Waals surface area contributed by atoms with Gasteiger partial charge in [-0.2, -0.15) is 0 Å². The molecule has 0 unspecified atom stereocenters. The highest BCUT2D eigenvalue weighted by molar-refractivity contribution is 9.11. The molecule has 1 aliphatic rings. The van der Waals surface area contributed by atoms with Crippen molar-refractivity contribution in [1.82, 2.24) is 0 Å². The molecule has 72 valence electrons. The number of halogens is 2. The van der Waals surface area contributed by atoms with E-state index in [1.807, 2.05) is 22.7 Å². The molecule has 0 N–H and O–H groups in total. The van der Waals surface area contributed by atoms with Gasteiger partial charge >= 0.3 is 0 Å². The van der Waals surface area contributed by atoms with E-state index in [4.69, 9.17) is 0 Å². The maximum atomic E-state index is 3.58. The quantitative estimate of drug-likeness (QED) is 0.628. The third-order valence-electron chi connectivity index (χ3n) is 2.60. The van der Waals surface area contributed by atoms with Gasteiger partial charge in [0.25, 0.3) is 0 Å². The molecule has 0 nitrogen and oxygen atoms in total. The molecule has 0 amide bonds. The highest BCUT2D eigenvalue weighted by Gasteiger charge is 2.30. The van der Waals surface area contributed by atoms with E-state index in [9.17, 15) is 0 Å². The minimum atomic E-state index is -0.842. The van der Waals surface area contributed by atoms with Gasteiger partial charge in [-0.15, -0.1) is 22.7 Å². The van der Waals surface area contributed by atoms with Crippen LogP contribution in [0, 0.1) is 0 Å². The number of fused-ring (bicyclic) bond motifs is 3. The molecule has 14 heavy (non-hydrogen) atoms. The van der Waals surface area contributed by atoms with Crippen molar-refractivity contribution < 1.29 is 0 Å². The number of rotatable bonds is 0. The maximum absolute atomic E-state index is 3.58. The molecule has 0 aliphatic carbocycles. The first kappa shape index (κ1) is 9.78. The van der Waals surface area contributed by atoms with Gasteiger partial charge in [-0.05, 0) is 54.4 Å². The molecule has 5 heteroatoms. The third kappa shape index (κ3) is 1.26. The van der Waals surface area contributed by atoms with Gasteiger partial charge < -0.3 is 0 Å². The largest absolute Gasteiger partial charge is 0.128 e. The smallest absolute Gasteiger partial charge is 0.104 e. The van der Waals surface area contributed by atoms with Gasteiger partial charge in [-0.25, -0.2) is 0 Å².